The van der Waals surface area contributed by atoms with Crippen molar-refractivity contribution in [2.24, 2.45) is 5.73 Å². The topological polar surface area (TPSA) is 94.9 Å². The zero-order chi connectivity index (χ0) is 16.7. The highest BCUT2D eigenvalue weighted by molar-refractivity contribution is 5.94. The van der Waals surface area contributed by atoms with Gasteiger partial charge in [-0.1, -0.05) is 23.4 Å². The van der Waals surface area contributed by atoms with Gasteiger partial charge in [-0.05, 0) is 36.1 Å². The molecule has 0 saturated heterocycles. The van der Waals surface area contributed by atoms with E-state index < -0.39 is 5.91 Å². The molecule has 0 radical (unpaired) electrons. The summed E-state index contributed by atoms with van der Waals surface area (Å²) >= 11 is 0. The number of hydrogen-bond acceptors (Lipinski definition) is 5. The molecule has 1 aliphatic carbocycles. The molecule has 6 heteroatoms. The van der Waals surface area contributed by atoms with Crippen molar-refractivity contribution >= 4 is 5.91 Å². The first-order chi connectivity index (χ1) is 11.6. The van der Waals surface area contributed by atoms with Gasteiger partial charge in [-0.2, -0.15) is 4.98 Å². The molecule has 3 aromatic rings. The van der Waals surface area contributed by atoms with E-state index in [1.165, 1.54) is 0 Å². The highest BCUT2D eigenvalue weighted by Crippen LogP contribution is 2.39. The minimum Gasteiger partial charge on any atom is -0.366 e. The van der Waals surface area contributed by atoms with E-state index in [1.54, 1.807) is 19.2 Å². The zero-order valence-corrected chi connectivity index (χ0v) is 13.2. The Hall–Kier alpha value is -3.02. The smallest absolute Gasteiger partial charge is 0.248 e. The first-order valence-corrected chi connectivity index (χ1v) is 7.81. The van der Waals surface area contributed by atoms with Crippen LogP contribution >= 0.6 is 0 Å². The molecule has 1 unspecified atom stereocenters. The lowest BCUT2D eigenvalue weighted by molar-refractivity contribution is 0.0999. The molecule has 0 spiro atoms. The SMILES string of the molecule is Cc1nc(-c2cnc3c(c2)CCC3c2ccccc2C(N)=O)no1. The third-order valence-electron chi connectivity index (χ3n) is 4.42. The van der Waals surface area contributed by atoms with Crippen LogP contribution in [0.1, 0.15) is 45.4 Å². The van der Waals surface area contributed by atoms with Gasteiger partial charge in [-0.25, -0.2) is 0 Å². The predicted molar refractivity (Wildman–Crippen MR) is 87.4 cm³/mol. The molecule has 24 heavy (non-hydrogen) atoms. The van der Waals surface area contributed by atoms with Crippen molar-refractivity contribution in [3.8, 4) is 11.4 Å². The van der Waals surface area contributed by atoms with Crippen LogP contribution < -0.4 is 5.73 Å². The van der Waals surface area contributed by atoms with E-state index in [1.807, 2.05) is 18.2 Å². The molecule has 2 heterocycles. The Morgan fingerprint density at radius 2 is 2.17 bits per heavy atom. The first-order valence-electron chi connectivity index (χ1n) is 7.81. The van der Waals surface area contributed by atoms with Crippen LogP contribution in [0, 0.1) is 6.92 Å². The number of fused-ring (bicyclic) bond motifs is 1. The average Bonchev–Trinajstić information content (AvgIpc) is 3.20. The molecule has 1 atom stereocenters. The van der Waals surface area contributed by atoms with Gasteiger partial charge in [0, 0.05) is 30.2 Å². The summed E-state index contributed by atoms with van der Waals surface area (Å²) in [5, 5.41) is 3.94. The summed E-state index contributed by atoms with van der Waals surface area (Å²) in [6, 6.07) is 9.54. The molecule has 0 fully saturated rings. The van der Waals surface area contributed by atoms with Gasteiger partial charge in [0.25, 0.3) is 0 Å². The highest BCUT2D eigenvalue weighted by Gasteiger charge is 2.28. The lowest BCUT2D eigenvalue weighted by Gasteiger charge is -2.14. The van der Waals surface area contributed by atoms with Crippen LogP contribution in [0.3, 0.4) is 0 Å². The van der Waals surface area contributed by atoms with Crippen molar-refractivity contribution in [3.05, 3.63) is 64.8 Å². The van der Waals surface area contributed by atoms with Crippen molar-refractivity contribution in [2.75, 3.05) is 0 Å². The largest absolute Gasteiger partial charge is 0.366 e. The molecule has 2 N–H and O–H groups in total. The molecule has 0 bridgehead atoms. The van der Waals surface area contributed by atoms with Crippen LogP contribution in [0.4, 0.5) is 0 Å². The van der Waals surface area contributed by atoms with Crippen molar-refractivity contribution < 1.29 is 9.32 Å². The second-order valence-corrected chi connectivity index (χ2v) is 5.95. The van der Waals surface area contributed by atoms with E-state index in [2.05, 4.69) is 21.2 Å². The highest BCUT2D eigenvalue weighted by atomic mass is 16.5. The van der Waals surface area contributed by atoms with Crippen molar-refractivity contribution in [1.82, 2.24) is 15.1 Å². The molecule has 4 rings (SSSR count). The van der Waals surface area contributed by atoms with Gasteiger partial charge in [-0.3, -0.25) is 9.78 Å². The number of carbonyl (C=O) groups is 1. The fourth-order valence-corrected chi connectivity index (χ4v) is 3.34. The quantitative estimate of drug-likeness (QED) is 0.800. The number of nitrogens with zero attached hydrogens (tertiary/aromatic N) is 3. The Bertz CT molecular complexity index is 932. The Kier molecular flexibility index (Phi) is 3.37. The maximum Gasteiger partial charge on any atom is 0.248 e. The average molecular weight is 320 g/mol. The van der Waals surface area contributed by atoms with Gasteiger partial charge < -0.3 is 10.3 Å². The molecular formula is C18H16N4O2. The minimum absolute atomic E-state index is 0.0877. The summed E-state index contributed by atoms with van der Waals surface area (Å²) in [6.07, 6.45) is 3.56. The van der Waals surface area contributed by atoms with Crippen LogP contribution in [0.15, 0.2) is 41.1 Å². The van der Waals surface area contributed by atoms with Crippen molar-refractivity contribution in [3.63, 3.8) is 0 Å². The molecule has 6 nitrogen and oxygen atoms in total. The molecule has 1 amide bonds. The second-order valence-electron chi connectivity index (χ2n) is 5.95. The predicted octanol–water partition coefficient (Wildman–Crippen LogP) is 2.62. The van der Waals surface area contributed by atoms with E-state index in [9.17, 15) is 4.79 Å². The molecular weight excluding hydrogens is 304 g/mol. The number of aryl methyl sites for hydroxylation is 2. The summed E-state index contributed by atoms with van der Waals surface area (Å²) in [7, 11) is 0. The Balaban J connectivity index is 1.74. The van der Waals surface area contributed by atoms with Crippen LogP contribution in [0.5, 0.6) is 0 Å². The monoisotopic (exact) mass is 320 g/mol. The van der Waals surface area contributed by atoms with Crippen LogP contribution in [0.25, 0.3) is 11.4 Å². The Labute approximate surface area is 138 Å². The summed E-state index contributed by atoms with van der Waals surface area (Å²) < 4.78 is 5.03. The normalized spacial score (nSPS) is 16.1. The van der Waals surface area contributed by atoms with Gasteiger partial charge in [0.15, 0.2) is 0 Å². The number of benzene rings is 1. The first kappa shape index (κ1) is 14.6. The van der Waals surface area contributed by atoms with Crippen molar-refractivity contribution in [1.29, 1.82) is 0 Å². The summed E-state index contributed by atoms with van der Waals surface area (Å²) in [6.45, 7) is 1.76. The number of nitrogens with two attached hydrogens (primary N) is 1. The number of primary amides is 1. The van der Waals surface area contributed by atoms with E-state index in [0.717, 1.165) is 35.2 Å². The number of amides is 1. The zero-order valence-electron chi connectivity index (χ0n) is 13.2. The lowest BCUT2D eigenvalue weighted by Crippen LogP contribution is -2.15. The van der Waals surface area contributed by atoms with Crippen LogP contribution in [-0.2, 0) is 6.42 Å². The summed E-state index contributed by atoms with van der Waals surface area (Å²) in [4.78, 5) is 20.6. The van der Waals surface area contributed by atoms with Crippen LogP contribution in [0.2, 0.25) is 0 Å². The summed E-state index contributed by atoms with van der Waals surface area (Å²) in [5.74, 6) is 0.755. The van der Waals surface area contributed by atoms with E-state index >= 15 is 0 Å². The molecule has 1 aliphatic rings. The maximum atomic E-state index is 11.7. The van der Waals surface area contributed by atoms with Crippen LogP contribution in [-0.4, -0.2) is 21.0 Å². The van der Waals surface area contributed by atoms with Gasteiger partial charge in [-0.15, -0.1) is 0 Å². The van der Waals surface area contributed by atoms with Gasteiger partial charge in [0.05, 0.1) is 5.69 Å². The third kappa shape index (κ3) is 2.36. The number of hydrogen-bond donors (Lipinski definition) is 1. The standard InChI is InChI=1S/C18H16N4O2/c1-10-21-18(22-24-10)12-8-11-6-7-14(16(11)20-9-12)13-4-2-3-5-15(13)17(19)23/h2-5,8-9,14H,6-7H2,1H3,(H2,19,23). The van der Waals surface area contributed by atoms with E-state index in [4.69, 9.17) is 10.3 Å². The van der Waals surface area contributed by atoms with Crippen molar-refractivity contribution in [2.45, 2.75) is 25.7 Å². The second kappa shape index (κ2) is 5.56. The fourth-order valence-electron chi connectivity index (χ4n) is 3.34. The molecule has 0 aliphatic heterocycles. The minimum atomic E-state index is -0.405. The van der Waals surface area contributed by atoms with E-state index in [0.29, 0.717) is 17.3 Å². The van der Waals surface area contributed by atoms with Gasteiger partial charge in [0.2, 0.25) is 17.6 Å². The Morgan fingerprint density at radius 3 is 2.92 bits per heavy atom. The number of pyridine rings is 1. The van der Waals surface area contributed by atoms with E-state index in [-0.39, 0.29) is 5.92 Å². The molecule has 1 aromatic carbocycles. The third-order valence-corrected chi connectivity index (χ3v) is 4.42. The maximum absolute atomic E-state index is 11.7. The molecule has 0 saturated carbocycles. The summed E-state index contributed by atoms with van der Waals surface area (Å²) in [5.41, 5.74) is 10.0. The number of aromatic nitrogens is 3. The van der Waals surface area contributed by atoms with Gasteiger partial charge in [0.1, 0.15) is 0 Å². The lowest BCUT2D eigenvalue weighted by atomic mass is 9.91. The fraction of sp³-hybridized carbons (Fsp3) is 0.222. The number of carbonyl (C=O) groups excluding carboxylic acids is 1. The molecule has 2 aromatic heterocycles. The van der Waals surface area contributed by atoms with Gasteiger partial charge >= 0.3 is 0 Å². The number of rotatable bonds is 3. The molecule has 120 valence electrons. The Morgan fingerprint density at radius 1 is 1.33 bits per heavy atom.